The number of hydrogen-bond donors (Lipinski definition) is 0. The lowest BCUT2D eigenvalue weighted by Crippen LogP contribution is -2.50. The fraction of sp³-hybridized carbons (Fsp3) is 0.615. The molecular weight excluding hydrogens is 356 g/mol. The SMILES string of the molecule is COc1c(C(C)(C)C2=CCC(C(C)(C)C)=C2)cc(C)cc1[Si](C)(C)C(C)(C)C. The first-order valence-corrected chi connectivity index (χ1v) is 13.6. The summed E-state index contributed by atoms with van der Waals surface area (Å²) in [6.45, 7) is 26.0. The van der Waals surface area contributed by atoms with Crippen molar-refractivity contribution in [3.8, 4) is 5.75 Å². The van der Waals surface area contributed by atoms with Crippen LogP contribution in [0.5, 0.6) is 5.75 Å². The van der Waals surface area contributed by atoms with Crippen LogP contribution in [-0.2, 0) is 5.41 Å². The first-order valence-electron chi connectivity index (χ1n) is 10.6. The Morgan fingerprint density at radius 3 is 1.93 bits per heavy atom. The topological polar surface area (TPSA) is 9.23 Å². The van der Waals surface area contributed by atoms with Crippen LogP contribution in [0.1, 0.15) is 72.9 Å². The molecule has 1 nitrogen and oxygen atoms in total. The van der Waals surface area contributed by atoms with Gasteiger partial charge in [0.1, 0.15) is 5.75 Å². The van der Waals surface area contributed by atoms with E-state index in [0.717, 1.165) is 12.2 Å². The predicted molar refractivity (Wildman–Crippen MR) is 128 cm³/mol. The molecule has 0 aromatic heterocycles. The Balaban J connectivity index is 2.68. The highest BCUT2D eigenvalue weighted by Crippen LogP contribution is 2.45. The summed E-state index contributed by atoms with van der Waals surface area (Å²) in [4.78, 5) is 0. The van der Waals surface area contributed by atoms with Gasteiger partial charge in [0, 0.05) is 11.0 Å². The molecule has 0 amide bonds. The number of methoxy groups -OCH3 is 1. The van der Waals surface area contributed by atoms with E-state index in [9.17, 15) is 0 Å². The van der Waals surface area contributed by atoms with Crippen LogP contribution in [0.3, 0.4) is 0 Å². The van der Waals surface area contributed by atoms with Crippen LogP contribution < -0.4 is 9.92 Å². The Morgan fingerprint density at radius 2 is 1.50 bits per heavy atom. The quantitative estimate of drug-likeness (QED) is 0.483. The van der Waals surface area contributed by atoms with Gasteiger partial charge in [-0.15, -0.1) is 0 Å². The summed E-state index contributed by atoms with van der Waals surface area (Å²) in [6.07, 6.45) is 5.92. The standard InChI is InChI=1S/C26H42OSi/c1-18-15-21(23(27-10)22(16-18)28(11,12)25(5,6)7)26(8,9)20-14-13-19(17-20)24(2,3)4/h14-17H,13H2,1-12H3. The molecule has 1 aliphatic carbocycles. The number of benzene rings is 1. The molecule has 28 heavy (non-hydrogen) atoms. The maximum Gasteiger partial charge on any atom is 0.122 e. The highest BCUT2D eigenvalue weighted by molar-refractivity contribution is 6.92. The van der Waals surface area contributed by atoms with Gasteiger partial charge in [0.05, 0.1) is 15.2 Å². The minimum atomic E-state index is -1.73. The fourth-order valence-electron chi connectivity index (χ4n) is 3.96. The number of allylic oxidation sites excluding steroid dienone is 4. The molecule has 1 aromatic rings. The maximum absolute atomic E-state index is 6.14. The van der Waals surface area contributed by atoms with Gasteiger partial charge in [-0.05, 0) is 34.6 Å². The van der Waals surface area contributed by atoms with Crippen molar-refractivity contribution in [1.82, 2.24) is 0 Å². The maximum atomic E-state index is 6.14. The molecule has 0 spiro atoms. The van der Waals surface area contributed by atoms with Crippen LogP contribution >= 0.6 is 0 Å². The van der Waals surface area contributed by atoms with Gasteiger partial charge < -0.3 is 4.74 Å². The average molecular weight is 399 g/mol. The molecule has 0 heterocycles. The first-order chi connectivity index (χ1) is 12.5. The molecule has 1 aromatic carbocycles. The second-order valence-corrected chi connectivity index (χ2v) is 17.0. The third-order valence-electron chi connectivity index (χ3n) is 7.22. The second-order valence-electron chi connectivity index (χ2n) is 11.7. The molecule has 0 saturated carbocycles. The highest BCUT2D eigenvalue weighted by Gasteiger charge is 2.41. The van der Waals surface area contributed by atoms with Crippen LogP contribution in [0.15, 0.2) is 35.4 Å². The summed E-state index contributed by atoms with van der Waals surface area (Å²) in [6, 6.07) is 4.73. The summed E-state index contributed by atoms with van der Waals surface area (Å²) in [5, 5.41) is 1.71. The van der Waals surface area contributed by atoms with Crippen molar-refractivity contribution in [2.24, 2.45) is 5.41 Å². The Labute approximate surface area is 175 Å². The van der Waals surface area contributed by atoms with Gasteiger partial charge in [0.2, 0.25) is 0 Å². The molecule has 0 bridgehead atoms. The van der Waals surface area contributed by atoms with Crippen LogP contribution in [0.2, 0.25) is 18.1 Å². The zero-order valence-electron chi connectivity index (χ0n) is 20.4. The summed E-state index contributed by atoms with van der Waals surface area (Å²) in [7, 11) is 0.117. The minimum Gasteiger partial charge on any atom is -0.497 e. The Kier molecular flexibility index (Phi) is 5.91. The third-order valence-corrected chi connectivity index (χ3v) is 12.7. The van der Waals surface area contributed by atoms with Crippen LogP contribution in [-0.4, -0.2) is 15.2 Å². The van der Waals surface area contributed by atoms with E-state index in [1.165, 1.54) is 27.5 Å². The molecule has 2 rings (SSSR count). The molecule has 0 aliphatic heterocycles. The fourth-order valence-corrected chi connectivity index (χ4v) is 6.17. The van der Waals surface area contributed by atoms with E-state index >= 15 is 0 Å². The van der Waals surface area contributed by atoms with Gasteiger partial charge in [0.25, 0.3) is 0 Å². The molecule has 0 N–H and O–H groups in total. The van der Waals surface area contributed by atoms with E-state index < -0.39 is 8.07 Å². The lowest BCUT2D eigenvalue weighted by atomic mass is 9.76. The third kappa shape index (κ3) is 4.03. The first kappa shape index (κ1) is 23.0. The minimum absolute atomic E-state index is 0.0819. The van der Waals surface area contributed by atoms with Crippen LogP contribution in [0, 0.1) is 12.3 Å². The molecule has 156 valence electrons. The zero-order valence-corrected chi connectivity index (χ0v) is 21.4. The molecular formula is C26H42OSi. The summed E-state index contributed by atoms with van der Waals surface area (Å²) in [5.41, 5.74) is 5.74. The van der Waals surface area contributed by atoms with Crippen molar-refractivity contribution < 1.29 is 4.74 Å². The largest absolute Gasteiger partial charge is 0.497 e. The average Bonchev–Trinajstić information content (AvgIpc) is 3.03. The predicted octanol–water partition coefficient (Wildman–Crippen LogP) is 7.30. The van der Waals surface area contributed by atoms with Crippen molar-refractivity contribution >= 4 is 13.3 Å². The van der Waals surface area contributed by atoms with E-state index in [2.05, 4.69) is 99.7 Å². The van der Waals surface area contributed by atoms with Crippen molar-refractivity contribution in [2.45, 2.75) is 92.3 Å². The van der Waals surface area contributed by atoms with E-state index in [1.807, 2.05) is 7.11 Å². The second kappa shape index (κ2) is 7.20. The van der Waals surface area contributed by atoms with Gasteiger partial charge in [-0.1, -0.05) is 104 Å². The molecule has 0 radical (unpaired) electrons. The van der Waals surface area contributed by atoms with E-state index in [1.54, 1.807) is 0 Å². The van der Waals surface area contributed by atoms with Crippen LogP contribution in [0.4, 0.5) is 0 Å². The Morgan fingerprint density at radius 1 is 0.929 bits per heavy atom. The van der Waals surface area contributed by atoms with Gasteiger partial charge in [-0.2, -0.15) is 0 Å². The van der Waals surface area contributed by atoms with E-state index in [0.29, 0.717) is 0 Å². The number of aryl methyl sites for hydroxylation is 1. The zero-order chi connectivity index (χ0) is 21.7. The van der Waals surface area contributed by atoms with Crippen LogP contribution in [0.25, 0.3) is 0 Å². The normalized spacial score (nSPS) is 16.1. The van der Waals surface area contributed by atoms with Crippen molar-refractivity contribution in [3.05, 3.63) is 46.6 Å². The molecule has 0 fully saturated rings. The lowest BCUT2D eigenvalue weighted by molar-refractivity contribution is 0.403. The number of ether oxygens (including phenoxy) is 1. The summed E-state index contributed by atoms with van der Waals surface area (Å²) in [5.74, 6) is 1.11. The van der Waals surface area contributed by atoms with E-state index in [4.69, 9.17) is 4.74 Å². The smallest absolute Gasteiger partial charge is 0.122 e. The lowest BCUT2D eigenvalue weighted by Gasteiger charge is -2.40. The molecule has 2 heteroatoms. The number of hydrogen-bond acceptors (Lipinski definition) is 1. The van der Waals surface area contributed by atoms with Crippen molar-refractivity contribution in [3.63, 3.8) is 0 Å². The van der Waals surface area contributed by atoms with E-state index in [-0.39, 0.29) is 15.9 Å². The molecule has 0 unspecified atom stereocenters. The molecule has 0 atom stereocenters. The summed E-state index contributed by atoms with van der Waals surface area (Å²) < 4.78 is 6.14. The molecule has 0 saturated heterocycles. The van der Waals surface area contributed by atoms with Crippen molar-refractivity contribution in [1.29, 1.82) is 0 Å². The Hall–Kier alpha value is -1.28. The van der Waals surface area contributed by atoms with Gasteiger partial charge >= 0.3 is 0 Å². The number of rotatable bonds is 4. The van der Waals surface area contributed by atoms with Crippen molar-refractivity contribution in [2.75, 3.05) is 7.11 Å². The monoisotopic (exact) mass is 398 g/mol. The van der Waals surface area contributed by atoms with Gasteiger partial charge in [-0.25, -0.2) is 0 Å². The summed E-state index contributed by atoms with van der Waals surface area (Å²) >= 11 is 0. The molecule has 1 aliphatic rings. The highest BCUT2D eigenvalue weighted by atomic mass is 28.3. The Bertz CT molecular complexity index is 808. The van der Waals surface area contributed by atoms with Gasteiger partial charge in [0.15, 0.2) is 0 Å². The van der Waals surface area contributed by atoms with Gasteiger partial charge in [-0.3, -0.25) is 0 Å².